The number of aliphatic imine (C=N–C) groups is 1. The fourth-order valence-corrected chi connectivity index (χ4v) is 3.23. The van der Waals surface area contributed by atoms with E-state index in [1.165, 1.54) is 25.1 Å². The monoisotopic (exact) mass is 435 g/mol. The van der Waals surface area contributed by atoms with Gasteiger partial charge < -0.3 is 4.74 Å². The molecule has 0 bridgehead atoms. The molecule has 30 heavy (non-hydrogen) atoms. The number of carbonyl (C=O) groups excluding carboxylic acids is 1. The van der Waals surface area contributed by atoms with Crippen molar-refractivity contribution in [3.05, 3.63) is 53.1 Å². The van der Waals surface area contributed by atoms with Gasteiger partial charge in [-0.05, 0) is 43.5 Å². The van der Waals surface area contributed by atoms with Crippen molar-refractivity contribution in [3.63, 3.8) is 0 Å². The fourth-order valence-electron chi connectivity index (χ4n) is 3.23. The first-order chi connectivity index (χ1) is 13.7. The maximum absolute atomic E-state index is 14.2. The number of hydrogen-bond acceptors (Lipinski definition) is 3. The lowest BCUT2D eigenvalue weighted by Crippen LogP contribution is -2.52. The summed E-state index contributed by atoms with van der Waals surface area (Å²) in [5.74, 6) is -0.303. The van der Waals surface area contributed by atoms with Gasteiger partial charge in [-0.15, -0.1) is 0 Å². The number of allylic oxidation sites excluding steroid dienone is 1. The molecule has 9 heteroatoms. The third-order valence-corrected chi connectivity index (χ3v) is 4.76. The average Bonchev–Trinajstić information content (AvgIpc) is 2.62. The number of ketones is 1. The smallest absolute Gasteiger partial charge is 0.364 e. The SMILES string of the molecule is C=C(CC(OC)(C(=C/C)/C(=N\C)C(F)(F)F)C(F)(F)F)c1ccc(C)c(C(C)=O)c1. The first kappa shape index (κ1) is 25.6. The van der Waals surface area contributed by atoms with Crippen molar-refractivity contribution in [2.75, 3.05) is 14.2 Å². The van der Waals surface area contributed by atoms with Crippen molar-refractivity contribution >= 4 is 17.1 Å². The van der Waals surface area contributed by atoms with Gasteiger partial charge >= 0.3 is 12.4 Å². The van der Waals surface area contributed by atoms with Crippen molar-refractivity contribution in [2.45, 2.75) is 45.1 Å². The Hall–Kier alpha value is -2.42. The minimum absolute atomic E-state index is 0.145. The molecule has 0 radical (unpaired) electrons. The molecule has 0 heterocycles. The van der Waals surface area contributed by atoms with E-state index in [2.05, 4.69) is 11.6 Å². The van der Waals surface area contributed by atoms with Gasteiger partial charge in [0.2, 0.25) is 0 Å². The van der Waals surface area contributed by atoms with Crippen molar-refractivity contribution in [2.24, 2.45) is 4.99 Å². The number of halogens is 6. The molecular formula is C21H23F6NO2. The molecule has 1 atom stereocenters. The number of hydrogen-bond donors (Lipinski definition) is 0. The molecule has 0 saturated heterocycles. The number of alkyl halides is 6. The van der Waals surface area contributed by atoms with Crippen LogP contribution in [0.15, 0.2) is 41.4 Å². The topological polar surface area (TPSA) is 38.7 Å². The van der Waals surface area contributed by atoms with Gasteiger partial charge in [0.1, 0.15) is 5.71 Å². The number of Topliss-reactive ketones (excluding diaryl/α,β-unsaturated/α-hetero) is 1. The van der Waals surface area contributed by atoms with E-state index >= 15 is 0 Å². The summed E-state index contributed by atoms with van der Waals surface area (Å²) in [6.07, 6.45) is -10.7. The van der Waals surface area contributed by atoms with Crippen LogP contribution in [0, 0.1) is 6.92 Å². The van der Waals surface area contributed by atoms with E-state index in [1.807, 2.05) is 0 Å². The molecule has 0 saturated carbocycles. The number of aryl methyl sites for hydroxylation is 1. The van der Waals surface area contributed by atoms with E-state index in [0.717, 1.165) is 14.0 Å². The van der Waals surface area contributed by atoms with Crippen LogP contribution in [0.4, 0.5) is 26.3 Å². The molecule has 0 aromatic heterocycles. The molecule has 0 aliphatic heterocycles. The van der Waals surface area contributed by atoms with Crippen LogP contribution in [0.1, 0.15) is 41.8 Å². The van der Waals surface area contributed by atoms with E-state index in [4.69, 9.17) is 4.74 Å². The van der Waals surface area contributed by atoms with E-state index < -0.39 is 35.7 Å². The molecule has 0 fully saturated rings. The lowest BCUT2D eigenvalue weighted by molar-refractivity contribution is -0.250. The minimum atomic E-state index is -5.22. The van der Waals surface area contributed by atoms with Crippen molar-refractivity contribution in [1.82, 2.24) is 0 Å². The van der Waals surface area contributed by atoms with Crippen molar-refractivity contribution in [1.29, 1.82) is 0 Å². The zero-order valence-electron chi connectivity index (χ0n) is 17.3. The largest absolute Gasteiger partial charge is 0.433 e. The van der Waals surface area contributed by atoms with Crippen LogP contribution >= 0.6 is 0 Å². The number of ether oxygens (including phenoxy) is 1. The summed E-state index contributed by atoms with van der Waals surface area (Å²) in [5.41, 5.74) is -5.26. The highest BCUT2D eigenvalue weighted by Crippen LogP contribution is 2.47. The van der Waals surface area contributed by atoms with E-state index in [9.17, 15) is 31.1 Å². The van der Waals surface area contributed by atoms with Crippen LogP contribution in [0.3, 0.4) is 0 Å². The van der Waals surface area contributed by atoms with E-state index in [0.29, 0.717) is 18.7 Å². The standard InChI is InChI=1S/C21H23F6NO2/c1-7-17(18(28-5)20(22,23)24)19(30-6,21(25,26)27)11-13(3)15-9-8-12(2)16(10-15)14(4)29/h7-10H,3,11H2,1-2,4-6H3/b17-7+,28-18+. The Morgan fingerprint density at radius 1 is 1.20 bits per heavy atom. The summed E-state index contributed by atoms with van der Waals surface area (Å²) in [5, 5.41) is 0. The maximum atomic E-state index is 14.2. The van der Waals surface area contributed by atoms with Gasteiger partial charge in [-0.3, -0.25) is 9.79 Å². The number of carbonyl (C=O) groups is 1. The Bertz CT molecular complexity index is 880. The van der Waals surface area contributed by atoms with Gasteiger partial charge in [-0.2, -0.15) is 26.3 Å². The lowest BCUT2D eigenvalue weighted by Gasteiger charge is -2.38. The zero-order chi connectivity index (χ0) is 23.5. The molecule has 0 N–H and O–H groups in total. The Morgan fingerprint density at radius 2 is 1.77 bits per heavy atom. The summed E-state index contributed by atoms with van der Waals surface area (Å²) >= 11 is 0. The first-order valence-corrected chi connectivity index (χ1v) is 8.79. The third kappa shape index (κ3) is 5.00. The third-order valence-electron chi connectivity index (χ3n) is 4.76. The van der Waals surface area contributed by atoms with Gasteiger partial charge in [-0.25, -0.2) is 0 Å². The van der Waals surface area contributed by atoms with Gasteiger partial charge in [0.25, 0.3) is 0 Å². The molecule has 166 valence electrons. The highest BCUT2D eigenvalue weighted by atomic mass is 19.4. The second-order valence-corrected chi connectivity index (χ2v) is 6.67. The fraction of sp³-hybridized carbons (Fsp3) is 0.429. The molecule has 0 aliphatic rings. The summed E-state index contributed by atoms with van der Waals surface area (Å²) < 4.78 is 87.4. The maximum Gasteiger partial charge on any atom is 0.433 e. The van der Waals surface area contributed by atoms with Crippen LogP contribution in [0.2, 0.25) is 0 Å². The Balaban J connectivity index is 3.63. The van der Waals surface area contributed by atoms with Crippen LogP contribution in [-0.4, -0.2) is 43.6 Å². The van der Waals surface area contributed by atoms with Gasteiger partial charge in [-0.1, -0.05) is 24.8 Å². The second-order valence-electron chi connectivity index (χ2n) is 6.67. The minimum Gasteiger partial charge on any atom is -0.364 e. The molecule has 0 spiro atoms. The average molecular weight is 435 g/mol. The summed E-state index contributed by atoms with van der Waals surface area (Å²) in [6, 6.07) is 4.35. The van der Waals surface area contributed by atoms with Crippen LogP contribution < -0.4 is 0 Å². The zero-order valence-corrected chi connectivity index (χ0v) is 17.3. The number of methoxy groups -OCH3 is 1. The number of nitrogens with zero attached hydrogens (tertiary/aromatic N) is 1. The van der Waals surface area contributed by atoms with E-state index in [1.54, 1.807) is 6.92 Å². The Labute approximate surface area is 171 Å². The number of rotatable bonds is 7. The van der Waals surface area contributed by atoms with E-state index in [-0.39, 0.29) is 22.5 Å². The molecule has 1 aromatic rings. The van der Waals surface area contributed by atoms with Gasteiger partial charge in [0.05, 0.1) is 0 Å². The van der Waals surface area contributed by atoms with Gasteiger partial charge in [0.15, 0.2) is 11.4 Å². The Kier molecular flexibility index (Phi) is 7.82. The molecule has 1 unspecified atom stereocenters. The van der Waals surface area contributed by atoms with Crippen LogP contribution in [-0.2, 0) is 4.74 Å². The summed E-state index contributed by atoms with van der Waals surface area (Å²) in [6.45, 7) is 7.63. The van der Waals surface area contributed by atoms with Gasteiger partial charge in [0, 0.05) is 31.7 Å². The van der Waals surface area contributed by atoms with Crippen molar-refractivity contribution in [3.8, 4) is 0 Å². The number of benzene rings is 1. The second kappa shape index (κ2) is 9.16. The van der Waals surface area contributed by atoms with Crippen LogP contribution in [0.5, 0.6) is 0 Å². The lowest BCUT2D eigenvalue weighted by atomic mass is 9.81. The summed E-state index contributed by atoms with van der Waals surface area (Å²) in [7, 11) is 1.45. The first-order valence-electron chi connectivity index (χ1n) is 8.79. The normalized spacial score (nSPS) is 15.7. The van der Waals surface area contributed by atoms with Crippen LogP contribution in [0.25, 0.3) is 5.57 Å². The molecule has 0 amide bonds. The summed E-state index contributed by atoms with van der Waals surface area (Å²) in [4.78, 5) is 14.8. The quantitative estimate of drug-likeness (QED) is 0.294. The molecule has 1 aromatic carbocycles. The highest BCUT2D eigenvalue weighted by molar-refractivity contribution is 6.06. The molecule has 3 nitrogen and oxygen atoms in total. The molecule has 1 rings (SSSR count). The Morgan fingerprint density at radius 3 is 2.13 bits per heavy atom. The molecule has 0 aliphatic carbocycles. The predicted octanol–water partition coefficient (Wildman–Crippen LogP) is 6.13. The predicted molar refractivity (Wildman–Crippen MR) is 104 cm³/mol. The van der Waals surface area contributed by atoms with Crippen molar-refractivity contribution < 1.29 is 35.9 Å². The molecular weight excluding hydrogens is 412 g/mol. The highest BCUT2D eigenvalue weighted by Gasteiger charge is 2.61.